The van der Waals surface area contributed by atoms with Crippen LogP contribution in [0.5, 0.6) is 0 Å². The normalized spacial score (nSPS) is 12.9. The average molecular weight is 274 g/mol. The van der Waals surface area contributed by atoms with E-state index in [1.165, 1.54) is 6.20 Å². The molecule has 1 heterocycles. The van der Waals surface area contributed by atoms with Crippen LogP contribution in [0.4, 0.5) is 0 Å². The first-order valence-corrected chi connectivity index (χ1v) is 7.46. The lowest BCUT2D eigenvalue weighted by Gasteiger charge is -2.24. The van der Waals surface area contributed by atoms with Gasteiger partial charge in [-0.2, -0.15) is 5.10 Å². The number of nitrogens with two attached hydrogens (primary N) is 1. The predicted molar refractivity (Wildman–Crippen MR) is 70.6 cm³/mol. The van der Waals surface area contributed by atoms with Gasteiger partial charge in [0.1, 0.15) is 4.90 Å². The standard InChI is InChI=1S/C11H22N4O2S/c1-9-10(7-13-15-9)18(16,17)14-8-11(2,3)5-4-6-12/h7,14H,4-6,8,12H2,1-3H3,(H,13,15). The molecule has 18 heavy (non-hydrogen) atoms. The van der Waals surface area contributed by atoms with Crippen LogP contribution in [-0.2, 0) is 10.0 Å². The SMILES string of the molecule is Cc1[nH]ncc1S(=O)(=O)NCC(C)(C)CCCN. The minimum absolute atomic E-state index is 0.107. The maximum atomic E-state index is 12.0. The van der Waals surface area contributed by atoms with Crippen molar-refractivity contribution >= 4 is 10.0 Å². The fraction of sp³-hybridized carbons (Fsp3) is 0.727. The van der Waals surface area contributed by atoms with Gasteiger partial charge in [-0.25, -0.2) is 13.1 Å². The lowest BCUT2D eigenvalue weighted by Crippen LogP contribution is -2.34. The van der Waals surface area contributed by atoms with Crippen molar-refractivity contribution in [1.29, 1.82) is 0 Å². The van der Waals surface area contributed by atoms with Crippen LogP contribution in [-0.4, -0.2) is 31.7 Å². The van der Waals surface area contributed by atoms with E-state index >= 15 is 0 Å². The summed E-state index contributed by atoms with van der Waals surface area (Å²) in [6, 6.07) is 0. The zero-order chi connectivity index (χ0) is 13.8. The van der Waals surface area contributed by atoms with Crippen LogP contribution in [0.2, 0.25) is 0 Å². The van der Waals surface area contributed by atoms with Crippen LogP contribution in [0.3, 0.4) is 0 Å². The third-order valence-electron chi connectivity index (χ3n) is 2.87. The number of sulfonamides is 1. The number of hydrogen-bond donors (Lipinski definition) is 3. The Bertz CT molecular complexity index is 479. The average Bonchev–Trinajstić information content (AvgIpc) is 2.71. The molecule has 7 heteroatoms. The number of aryl methyl sites for hydroxylation is 1. The van der Waals surface area contributed by atoms with Crippen LogP contribution in [0.15, 0.2) is 11.1 Å². The van der Waals surface area contributed by atoms with E-state index in [0.717, 1.165) is 12.8 Å². The van der Waals surface area contributed by atoms with Crippen molar-refractivity contribution in [2.24, 2.45) is 11.1 Å². The fourth-order valence-corrected chi connectivity index (χ4v) is 3.02. The second kappa shape index (κ2) is 5.81. The van der Waals surface area contributed by atoms with E-state index in [2.05, 4.69) is 14.9 Å². The van der Waals surface area contributed by atoms with Crippen molar-refractivity contribution in [1.82, 2.24) is 14.9 Å². The molecule has 1 aromatic rings. The molecule has 0 radical (unpaired) electrons. The zero-order valence-electron chi connectivity index (χ0n) is 11.2. The molecule has 104 valence electrons. The lowest BCUT2D eigenvalue weighted by molar-refractivity contribution is 0.327. The Morgan fingerprint density at radius 2 is 2.17 bits per heavy atom. The first-order valence-electron chi connectivity index (χ1n) is 5.98. The van der Waals surface area contributed by atoms with E-state index < -0.39 is 10.0 Å². The van der Waals surface area contributed by atoms with Crippen molar-refractivity contribution < 1.29 is 8.42 Å². The summed E-state index contributed by atoms with van der Waals surface area (Å²) in [6.07, 6.45) is 3.10. The van der Waals surface area contributed by atoms with Gasteiger partial charge in [-0.3, -0.25) is 5.10 Å². The van der Waals surface area contributed by atoms with Gasteiger partial charge < -0.3 is 5.73 Å². The summed E-state index contributed by atoms with van der Waals surface area (Å²) in [4.78, 5) is 0.206. The highest BCUT2D eigenvalue weighted by Gasteiger charge is 2.23. The molecule has 0 aliphatic rings. The molecule has 0 aliphatic carbocycles. The summed E-state index contributed by atoms with van der Waals surface area (Å²) >= 11 is 0. The molecule has 0 atom stereocenters. The van der Waals surface area contributed by atoms with Gasteiger partial charge in [0.05, 0.1) is 11.9 Å². The molecule has 0 unspecified atom stereocenters. The number of nitrogens with zero attached hydrogens (tertiary/aromatic N) is 1. The van der Waals surface area contributed by atoms with Crippen LogP contribution in [0, 0.1) is 12.3 Å². The summed E-state index contributed by atoms with van der Waals surface area (Å²) in [5.74, 6) is 0. The van der Waals surface area contributed by atoms with Gasteiger partial charge >= 0.3 is 0 Å². The number of hydrogen-bond acceptors (Lipinski definition) is 4. The minimum Gasteiger partial charge on any atom is -0.330 e. The molecule has 0 amide bonds. The lowest BCUT2D eigenvalue weighted by atomic mass is 9.88. The van der Waals surface area contributed by atoms with Gasteiger partial charge in [-0.1, -0.05) is 13.8 Å². The smallest absolute Gasteiger partial charge is 0.243 e. The maximum Gasteiger partial charge on any atom is 0.243 e. The maximum absolute atomic E-state index is 12.0. The highest BCUT2D eigenvalue weighted by atomic mass is 32.2. The molecule has 0 bridgehead atoms. The first-order chi connectivity index (χ1) is 8.28. The van der Waals surface area contributed by atoms with Gasteiger partial charge in [-0.15, -0.1) is 0 Å². The van der Waals surface area contributed by atoms with E-state index in [4.69, 9.17) is 5.73 Å². The number of nitrogens with one attached hydrogen (secondary N) is 2. The first kappa shape index (κ1) is 15.1. The number of rotatable bonds is 7. The second-order valence-corrected chi connectivity index (χ2v) is 6.98. The summed E-state index contributed by atoms with van der Waals surface area (Å²) in [5, 5.41) is 6.34. The molecular weight excluding hydrogens is 252 g/mol. The summed E-state index contributed by atoms with van der Waals surface area (Å²) < 4.78 is 26.7. The third kappa shape index (κ3) is 4.08. The van der Waals surface area contributed by atoms with Crippen LogP contribution in [0.25, 0.3) is 0 Å². The van der Waals surface area contributed by atoms with Crippen LogP contribution < -0.4 is 10.5 Å². The Morgan fingerprint density at radius 1 is 1.50 bits per heavy atom. The largest absolute Gasteiger partial charge is 0.330 e. The fourth-order valence-electron chi connectivity index (χ4n) is 1.65. The van der Waals surface area contributed by atoms with Crippen molar-refractivity contribution in [3.05, 3.63) is 11.9 Å². The minimum atomic E-state index is -3.48. The molecule has 0 aliphatic heterocycles. The van der Waals surface area contributed by atoms with Gasteiger partial charge in [-0.05, 0) is 31.7 Å². The predicted octanol–water partition coefficient (Wildman–Crippen LogP) is 0.762. The Balaban J connectivity index is 2.66. The molecule has 6 nitrogen and oxygen atoms in total. The number of aromatic nitrogens is 2. The molecule has 0 saturated heterocycles. The van der Waals surface area contributed by atoms with Gasteiger partial charge in [0.2, 0.25) is 10.0 Å². The Labute approximate surface area is 108 Å². The number of aromatic amines is 1. The zero-order valence-corrected chi connectivity index (χ0v) is 12.0. The van der Waals surface area contributed by atoms with E-state index in [1.54, 1.807) is 6.92 Å². The molecule has 0 spiro atoms. The van der Waals surface area contributed by atoms with E-state index in [0.29, 0.717) is 18.8 Å². The summed E-state index contributed by atoms with van der Waals surface area (Å²) in [7, 11) is -3.48. The Morgan fingerprint density at radius 3 is 2.67 bits per heavy atom. The highest BCUT2D eigenvalue weighted by molar-refractivity contribution is 7.89. The summed E-state index contributed by atoms with van der Waals surface area (Å²) in [6.45, 7) is 6.74. The van der Waals surface area contributed by atoms with Gasteiger partial charge in [0.15, 0.2) is 0 Å². The Kier molecular flexibility index (Phi) is 4.89. The van der Waals surface area contributed by atoms with Gasteiger partial charge in [0, 0.05) is 6.54 Å². The van der Waals surface area contributed by atoms with Crippen LogP contribution in [0.1, 0.15) is 32.4 Å². The monoisotopic (exact) mass is 274 g/mol. The van der Waals surface area contributed by atoms with Crippen LogP contribution >= 0.6 is 0 Å². The molecule has 4 N–H and O–H groups in total. The van der Waals surface area contributed by atoms with Crippen molar-refractivity contribution in [3.8, 4) is 0 Å². The van der Waals surface area contributed by atoms with Gasteiger partial charge in [0.25, 0.3) is 0 Å². The molecule has 0 aromatic carbocycles. The highest BCUT2D eigenvalue weighted by Crippen LogP contribution is 2.22. The van der Waals surface area contributed by atoms with E-state index in [-0.39, 0.29) is 10.3 Å². The quantitative estimate of drug-likeness (QED) is 0.683. The molecular formula is C11H22N4O2S. The van der Waals surface area contributed by atoms with E-state index in [1.807, 2.05) is 13.8 Å². The third-order valence-corrected chi connectivity index (χ3v) is 4.39. The topological polar surface area (TPSA) is 101 Å². The Hall–Kier alpha value is -0.920. The molecule has 1 aromatic heterocycles. The molecule has 0 fully saturated rings. The van der Waals surface area contributed by atoms with Crippen molar-refractivity contribution in [3.63, 3.8) is 0 Å². The molecule has 0 saturated carbocycles. The number of H-pyrrole nitrogens is 1. The van der Waals surface area contributed by atoms with Crippen molar-refractivity contribution in [2.45, 2.75) is 38.5 Å². The van der Waals surface area contributed by atoms with E-state index in [9.17, 15) is 8.42 Å². The second-order valence-electron chi connectivity index (χ2n) is 5.24. The molecule has 1 rings (SSSR count). The van der Waals surface area contributed by atoms with Crippen molar-refractivity contribution in [2.75, 3.05) is 13.1 Å². The summed E-state index contributed by atoms with van der Waals surface area (Å²) in [5.41, 5.74) is 5.90.